The molecule has 1 aliphatic carbocycles. The number of fused-ring (bicyclic) bond motifs is 2. The number of ether oxygens (including phenoxy) is 1. The van der Waals surface area contributed by atoms with E-state index >= 15 is 0 Å². The third kappa shape index (κ3) is 4.17. The van der Waals surface area contributed by atoms with Crippen molar-refractivity contribution in [2.45, 2.75) is 52.5 Å². The topological polar surface area (TPSA) is 96.5 Å². The van der Waals surface area contributed by atoms with Gasteiger partial charge in [0.1, 0.15) is 11.0 Å². The van der Waals surface area contributed by atoms with Gasteiger partial charge in [0.15, 0.2) is 0 Å². The SMILES string of the molecule is COC(=O)c1c(NC(=O)C[C@@H]2Nc3cc(C)c(C)cc3NC2=O)sc2c1CC[C@H](C)C2. The van der Waals surface area contributed by atoms with E-state index in [1.54, 1.807) is 0 Å². The highest BCUT2D eigenvalue weighted by Crippen LogP contribution is 2.40. The van der Waals surface area contributed by atoms with Crippen LogP contribution < -0.4 is 16.0 Å². The summed E-state index contributed by atoms with van der Waals surface area (Å²) in [7, 11) is 1.35. The lowest BCUT2D eigenvalue weighted by Crippen LogP contribution is -2.41. The number of amides is 2. The Morgan fingerprint density at radius 1 is 1.23 bits per heavy atom. The van der Waals surface area contributed by atoms with Crippen LogP contribution in [0.2, 0.25) is 0 Å². The van der Waals surface area contributed by atoms with E-state index in [0.717, 1.165) is 52.2 Å². The van der Waals surface area contributed by atoms with E-state index in [0.29, 0.717) is 16.5 Å². The second-order valence-corrected chi connectivity index (χ2v) is 9.57. The maximum absolute atomic E-state index is 12.8. The smallest absolute Gasteiger partial charge is 0.341 e. The average molecular weight is 442 g/mol. The molecule has 4 rings (SSSR count). The minimum atomic E-state index is -0.689. The fourth-order valence-electron chi connectivity index (χ4n) is 4.18. The third-order valence-corrected chi connectivity index (χ3v) is 7.25. The molecule has 2 amide bonds. The van der Waals surface area contributed by atoms with Gasteiger partial charge in [-0.1, -0.05) is 6.92 Å². The summed E-state index contributed by atoms with van der Waals surface area (Å²) in [6.45, 7) is 6.18. The van der Waals surface area contributed by atoms with Crippen LogP contribution in [-0.2, 0) is 27.2 Å². The first kappa shape index (κ1) is 21.4. The van der Waals surface area contributed by atoms with E-state index in [2.05, 4.69) is 22.9 Å². The van der Waals surface area contributed by atoms with Gasteiger partial charge >= 0.3 is 5.97 Å². The molecule has 164 valence electrons. The molecule has 2 heterocycles. The molecule has 8 heteroatoms. The van der Waals surface area contributed by atoms with Gasteiger partial charge in [0, 0.05) is 4.88 Å². The van der Waals surface area contributed by atoms with E-state index < -0.39 is 12.0 Å². The number of aryl methyl sites for hydroxylation is 2. The molecular weight excluding hydrogens is 414 g/mol. The van der Waals surface area contributed by atoms with Crippen LogP contribution in [0.1, 0.15) is 51.7 Å². The lowest BCUT2D eigenvalue weighted by atomic mass is 9.88. The number of esters is 1. The predicted octanol–water partition coefficient (Wildman–Crippen LogP) is 4.04. The van der Waals surface area contributed by atoms with Crippen LogP contribution >= 0.6 is 11.3 Å². The van der Waals surface area contributed by atoms with Crippen molar-refractivity contribution in [3.8, 4) is 0 Å². The summed E-state index contributed by atoms with van der Waals surface area (Å²) in [6.07, 6.45) is 2.65. The Labute approximate surface area is 185 Å². The van der Waals surface area contributed by atoms with Gasteiger partial charge in [-0.3, -0.25) is 9.59 Å². The van der Waals surface area contributed by atoms with Gasteiger partial charge in [0.2, 0.25) is 11.8 Å². The van der Waals surface area contributed by atoms with Crippen LogP contribution in [0.25, 0.3) is 0 Å². The highest BCUT2D eigenvalue weighted by molar-refractivity contribution is 7.17. The van der Waals surface area contributed by atoms with Crippen molar-refractivity contribution in [1.29, 1.82) is 0 Å². The summed E-state index contributed by atoms with van der Waals surface area (Å²) in [5, 5.41) is 9.43. The zero-order valence-corrected chi connectivity index (χ0v) is 19.0. The molecule has 2 aromatic rings. The Morgan fingerprint density at radius 2 is 1.94 bits per heavy atom. The van der Waals surface area contributed by atoms with Crippen molar-refractivity contribution in [2.75, 3.05) is 23.1 Å². The first-order chi connectivity index (χ1) is 14.8. The van der Waals surface area contributed by atoms with Gasteiger partial charge < -0.3 is 20.7 Å². The largest absolute Gasteiger partial charge is 0.465 e. The maximum atomic E-state index is 12.8. The van der Waals surface area contributed by atoms with Crippen molar-refractivity contribution < 1.29 is 19.1 Å². The summed E-state index contributed by atoms with van der Waals surface area (Å²) in [5.74, 6) is -0.465. The van der Waals surface area contributed by atoms with Crippen LogP contribution in [0, 0.1) is 19.8 Å². The second-order valence-electron chi connectivity index (χ2n) is 8.47. The van der Waals surface area contributed by atoms with Crippen molar-refractivity contribution in [3.63, 3.8) is 0 Å². The predicted molar refractivity (Wildman–Crippen MR) is 122 cm³/mol. The molecule has 0 saturated carbocycles. The Kier molecular flexibility index (Phi) is 5.75. The Bertz CT molecular complexity index is 1080. The number of methoxy groups -OCH3 is 1. The Balaban J connectivity index is 1.52. The van der Waals surface area contributed by atoms with Crippen molar-refractivity contribution in [3.05, 3.63) is 39.3 Å². The van der Waals surface area contributed by atoms with Crippen molar-refractivity contribution in [1.82, 2.24) is 0 Å². The first-order valence-corrected chi connectivity index (χ1v) is 11.3. The molecule has 3 N–H and O–H groups in total. The zero-order chi connectivity index (χ0) is 22.3. The molecule has 2 atom stereocenters. The summed E-state index contributed by atoms with van der Waals surface area (Å²) in [6, 6.07) is 3.20. The van der Waals surface area contributed by atoms with Crippen LogP contribution in [-0.4, -0.2) is 30.9 Å². The number of hydrogen-bond donors (Lipinski definition) is 3. The van der Waals surface area contributed by atoms with E-state index in [4.69, 9.17) is 4.74 Å². The molecule has 0 saturated heterocycles. The van der Waals surface area contributed by atoms with Crippen molar-refractivity contribution >= 4 is 45.5 Å². The van der Waals surface area contributed by atoms with Gasteiger partial charge in [0.25, 0.3) is 0 Å². The molecule has 0 bridgehead atoms. The number of rotatable bonds is 4. The molecule has 0 unspecified atom stereocenters. The first-order valence-electron chi connectivity index (χ1n) is 10.5. The Hall–Kier alpha value is -2.87. The molecule has 0 spiro atoms. The molecule has 0 fully saturated rings. The number of anilines is 3. The van der Waals surface area contributed by atoms with E-state index in [1.807, 2.05) is 26.0 Å². The van der Waals surface area contributed by atoms with Gasteiger partial charge in [-0.2, -0.15) is 0 Å². The van der Waals surface area contributed by atoms with Gasteiger partial charge in [-0.05, 0) is 67.9 Å². The van der Waals surface area contributed by atoms with Crippen LogP contribution in [0.15, 0.2) is 12.1 Å². The number of benzene rings is 1. The number of carbonyl (C=O) groups is 3. The highest BCUT2D eigenvalue weighted by atomic mass is 32.1. The van der Waals surface area contributed by atoms with E-state index in [-0.39, 0.29) is 18.2 Å². The minimum Gasteiger partial charge on any atom is -0.465 e. The molecule has 2 aliphatic rings. The molecular formula is C23H27N3O4S. The standard InChI is InChI=1S/C23H27N3O4S/c1-11-5-6-14-18(7-11)31-22(20(14)23(29)30-4)26-19(27)10-17-21(28)25-16-9-13(3)12(2)8-15(16)24-17/h8-9,11,17,24H,5-7,10H2,1-4H3,(H,25,28)(H,26,27)/t11-,17-/m0/s1. The summed E-state index contributed by atoms with van der Waals surface area (Å²) in [5.41, 5.74) is 5.16. The lowest BCUT2D eigenvalue weighted by molar-refractivity contribution is -0.122. The molecule has 0 radical (unpaired) electrons. The normalized spacial score (nSPS) is 19.5. The molecule has 1 aromatic carbocycles. The second kappa shape index (κ2) is 8.34. The van der Waals surface area contributed by atoms with Gasteiger partial charge in [0.05, 0.1) is 30.5 Å². The molecule has 31 heavy (non-hydrogen) atoms. The summed E-state index contributed by atoms with van der Waals surface area (Å²) in [4.78, 5) is 38.9. The number of carbonyl (C=O) groups excluding carboxylic acids is 3. The fourth-order valence-corrected chi connectivity index (χ4v) is 5.59. The number of thiophene rings is 1. The van der Waals surface area contributed by atoms with Crippen LogP contribution in [0.5, 0.6) is 0 Å². The maximum Gasteiger partial charge on any atom is 0.341 e. The molecule has 1 aromatic heterocycles. The minimum absolute atomic E-state index is 0.0439. The van der Waals surface area contributed by atoms with Crippen LogP contribution in [0.3, 0.4) is 0 Å². The van der Waals surface area contributed by atoms with Gasteiger partial charge in [-0.15, -0.1) is 11.3 Å². The van der Waals surface area contributed by atoms with Crippen LogP contribution in [0.4, 0.5) is 16.4 Å². The summed E-state index contributed by atoms with van der Waals surface area (Å²) < 4.78 is 4.98. The van der Waals surface area contributed by atoms with E-state index in [1.165, 1.54) is 18.4 Å². The average Bonchev–Trinajstić information content (AvgIpc) is 3.06. The van der Waals surface area contributed by atoms with Crippen molar-refractivity contribution in [2.24, 2.45) is 5.92 Å². The number of nitrogens with one attached hydrogen (secondary N) is 3. The molecule has 7 nitrogen and oxygen atoms in total. The highest BCUT2D eigenvalue weighted by Gasteiger charge is 2.31. The fraction of sp³-hybridized carbons (Fsp3) is 0.435. The zero-order valence-electron chi connectivity index (χ0n) is 18.2. The molecule has 1 aliphatic heterocycles. The number of hydrogen-bond acceptors (Lipinski definition) is 6. The third-order valence-electron chi connectivity index (χ3n) is 6.08. The van der Waals surface area contributed by atoms with Gasteiger partial charge in [-0.25, -0.2) is 4.79 Å². The lowest BCUT2D eigenvalue weighted by Gasteiger charge is -2.27. The Morgan fingerprint density at radius 3 is 2.65 bits per heavy atom. The van der Waals surface area contributed by atoms with E-state index in [9.17, 15) is 14.4 Å². The monoisotopic (exact) mass is 441 g/mol. The summed E-state index contributed by atoms with van der Waals surface area (Å²) >= 11 is 1.44. The quantitative estimate of drug-likeness (QED) is 0.623.